The number of carbonyl (C=O) groups is 2. The van der Waals surface area contributed by atoms with E-state index in [4.69, 9.17) is 11.6 Å². The van der Waals surface area contributed by atoms with Crippen molar-refractivity contribution in [2.75, 3.05) is 10.6 Å². The molecule has 210 valence electrons. The second kappa shape index (κ2) is 15.9. The first-order valence-corrected chi connectivity index (χ1v) is 14.6. The molecule has 39 heavy (non-hydrogen) atoms. The molecule has 0 bridgehead atoms. The zero-order valence-electron chi connectivity index (χ0n) is 23.2. The third-order valence-electron chi connectivity index (χ3n) is 6.77. The zero-order valence-corrected chi connectivity index (χ0v) is 23.9. The van der Waals surface area contributed by atoms with Crippen LogP contribution in [0.5, 0.6) is 0 Å². The van der Waals surface area contributed by atoms with Crippen LogP contribution >= 0.6 is 11.6 Å². The molecule has 0 radical (unpaired) electrons. The molecule has 3 N–H and O–H groups in total. The summed E-state index contributed by atoms with van der Waals surface area (Å²) >= 11 is 6.41. The molecule has 2 aromatic carbocycles. The quantitative estimate of drug-likeness (QED) is 0.116. The highest BCUT2D eigenvalue weighted by Crippen LogP contribution is 2.29. The van der Waals surface area contributed by atoms with Gasteiger partial charge in [-0.25, -0.2) is 4.68 Å². The Morgan fingerprint density at radius 2 is 1.49 bits per heavy atom. The molecule has 0 spiro atoms. The second-order valence-electron chi connectivity index (χ2n) is 10.0. The van der Waals surface area contributed by atoms with E-state index in [2.05, 4.69) is 22.7 Å². The Hall–Kier alpha value is -3.32. The molecule has 0 fully saturated rings. The van der Waals surface area contributed by atoms with E-state index >= 15 is 0 Å². The number of amides is 1. The van der Waals surface area contributed by atoms with Gasteiger partial charge < -0.3 is 10.6 Å². The molecule has 0 aliphatic rings. The number of hydrogen-bond donors (Lipinski definition) is 3. The first-order chi connectivity index (χ1) is 18.9. The predicted molar refractivity (Wildman–Crippen MR) is 161 cm³/mol. The summed E-state index contributed by atoms with van der Waals surface area (Å²) in [7, 11) is 0. The average molecular weight is 553 g/mol. The van der Waals surface area contributed by atoms with Gasteiger partial charge in [0.05, 0.1) is 16.4 Å². The summed E-state index contributed by atoms with van der Waals surface area (Å²) in [5.74, 6) is -0.184. The van der Waals surface area contributed by atoms with Gasteiger partial charge in [-0.15, -0.1) is 0 Å². The van der Waals surface area contributed by atoms with Gasteiger partial charge in [0.25, 0.3) is 5.56 Å². The fraction of sp³-hybridized carbons (Fsp3) is 0.452. The van der Waals surface area contributed by atoms with Crippen molar-refractivity contribution in [2.24, 2.45) is 0 Å². The Balaban J connectivity index is 1.52. The number of Topliss-reactive ketones (excluding diaryl/α,β-unsaturated/α-hetero) is 1. The van der Waals surface area contributed by atoms with E-state index < -0.39 is 5.56 Å². The van der Waals surface area contributed by atoms with Crippen molar-refractivity contribution in [1.82, 2.24) is 9.78 Å². The van der Waals surface area contributed by atoms with Crippen LogP contribution in [-0.4, -0.2) is 21.5 Å². The van der Waals surface area contributed by atoms with Crippen LogP contribution in [0, 0.1) is 0 Å². The maximum Gasteiger partial charge on any atom is 0.284 e. The van der Waals surface area contributed by atoms with Gasteiger partial charge in [0.1, 0.15) is 11.4 Å². The van der Waals surface area contributed by atoms with Crippen LogP contribution < -0.4 is 16.2 Å². The number of para-hydroxylation sites is 1. The minimum atomic E-state index is -0.455. The highest BCUT2D eigenvalue weighted by molar-refractivity contribution is 6.33. The predicted octanol–water partition coefficient (Wildman–Crippen LogP) is 8.40. The molecule has 7 nitrogen and oxygen atoms in total. The topological polar surface area (TPSA) is 96.0 Å². The van der Waals surface area contributed by atoms with Gasteiger partial charge in [-0.2, -0.15) is 0 Å². The summed E-state index contributed by atoms with van der Waals surface area (Å²) in [6.07, 6.45) is 14.1. The lowest BCUT2D eigenvalue weighted by molar-refractivity contribution is -0.116. The lowest BCUT2D eigenvalue weighted by Crippen LogP contribution is -2.19. The van der Waals surface area contributed by atoms with Gasteiger partial charge in [-0.05, 0) is 43.7 Å². The number of nitrogens with zero attached hydrogens (tertiary/aromatic N) is 1. The van der Waals surface area contributed by atoms with Crippen LogP contribution in [0.4, 0.5) is 17.2 Å². The monoisotopic (exact) mass is 552 g/mol. The number of aromatic amines is 1. The number of nitrogens with one attached hydrogen (secondary N) is 3. The molecule has 0 atom stereocenters. The molecule has 1 heterocycles. The van der Waals surface area contributed by atoms with E-state index in [1.807, 2.05) is 18.2 Å². The van der Waals surface area contributed by atoms with E-state index in [0.717, 1.165) is 19.3 Å². The van der Waals surface area contributed by atoms with Crippen LogP contribution in [0.3, 0.4) is 0 Å². The summed E-state index contributed by atoms with van der Waals surface area (Å²) in [4.78, 5) is 37.8. The number of aromatic nitrogens is 2. The molecular formula is C31H41ClN4O3. The van der Waals surface area contributed by atoms with E-state index in [1.165, 1.54) is 63.0 Å². The van der Waals surface area contributed by atoms with E-state index in [0.29, 0.717) is 28.5 Å². The van der Waals surface area contributed by atoms with Gasteiger partial charge in [0, 0.05) is 12.1 Å². The summed E-state index contributed by atoms with van der Waals surface area (Å²) in [5, 5.41) is 9.37. The second-order valence-corrected chi connectivity index (χ2v) is 10.5. The van der Waals surface area contributed by atoms with Crippen molar-refractivity contribution >= 4 is 40.5 Å². The van der Waals surface area contributed by atoms with Crippen LogP contribution in [0.2, 0.25) is 5.02 Å². The lowest BCUT2D eigenvalue weighted by atomic mass is 10.1. The van der Waals surface area contributed by atoms with Gasteiger partial charge >= 0.3 is 0 Å². The molecule has 3 aromatic rings. The van der Waals surface area contributed by atoms with E-state index in [-0.39, 0.29) is 23.1 Å². The Labute approximate surface area is 236 Å². The Morgan fingerprint density at radius 1 is 0.872 bits per heavy atom. The number of ketones is 1. The summed E-state index contributed by atoms with van der Waals surface area (Å²) in [5.41, 5.74) is 1.20. The zero-order chi connectivity index (χ0) is 28.0. The Kier molecular flexibility index (Phi) is 12.4. The van der Waals surface area contributed by atoms with Crippen LogP contribution in [0.1, 0.15) is 101 Å². The summed E-state index contributed by atoms with van der Waals surface area (Å²) in [6.45, 7) is 3.59. The van der Waals surface area contributed by atoms with Gasteiger partial charge in [-0.1, -0.05) is 101 Å². The van der Waals surface area contributed by atoms with Crippen LogP contribution in [-0.2, 0) is 4.79 Å². The number of anilines is 3. The summed E-state index contributed by atoms with van der Waals surface area (Å²) in [6, 6.07) is 14.1. The number of hydrogen-bond acceptors (Lipinski definition) is 4. The van der Waals surface area contributed by atoms with Crippen molar-refractivity contribution < 1.29 is 9.59 Å². The van der Waals surface area contributed by atoms with Gasteiger partial charge in [0.2, 0.25) is 5.91 Å². The molecule has 1 aromatic heterocycles. The molecule has 0 saturated heterocycles. The van der Waals surface area contributed by atoms with Crippen molar-refractivity contribution in [2.45, 2.75) is 90.9 Å². The largest absolute Gasteiger partial charge is 0.339 e. The maximum atomic E-state index is 12.9. The third kappa shape index (κ3) is 9.43. The third-order valence-corrected chi connectivity index (χ3v) is 7.10. The van der Waals surface area contributed by atoms with Crippen molar-refractivity contribution in [3.63, 3.8) is 0 Å². The number of rotatable bonds is 17. The van der Waals surface area contributed by atoms with E-state index in [9.17, 15) is 14.4 Å². The first kappa shape index (κ1) is 30.2. The van der Waals surface area contributed by atoms with E-state index in [1.54, 1.807) is 30.3 Å². The number of benzene rings is 2. The van der Waals surface area contributed by atoms with Crippen molar-refractivity contribution in [3.05, 3.63) is 69.5 Å². The first-order valence-electron chi connectivity index (χ1n) is 14.2. The van der Waals surface area contributed by atoms with Crippen LogP contribution in [0.25, 0.3) is 5.69 Å². The molecule has 0 aliphatic carbocycles. The Bertz CT molecular complexity index is 1270. The average Bonchev–Trinajstić information content (AvgIpc) is 3.25. The number of unbranched alkanes of at least 4 members (excludes halogenated alkanes) is 10. The summed E-state index contributed by atoms with van der Waals surface area (Å²) < 4.78 is 1.31. The molecule has 3 rings (SSSR count). The molecule has 0 saturated carbocycles. The van der Waals surface area contributed by atoms with Crippen LogP contribution in [0.15, 0.2) is 53.3 Å². The fourth-order valence-corrected chi connectivity index (χ4v) is 4.78. The van der Waals surface area contributed by atoms with Gasteiger partial charge in [-0.3, -0.25) is 19.5 Å². The number of H-pyrrole nitrogens is 1. The number of halogens is 1. The standard InChI is InChI=1S/C31H41ClN4O3/c1-3-4-5-6-7-8-9-10-11-12-16-19-28(38)33-24-20-21-26(32)27(22-24)34-30-29(23(2)37)31(39)36(35-30)25-17-14-13-15-18-25/h13-15,17-18,20-22,34-35H,3-12,16,19H2,1-2H3,(H,33,38). The molecule has 0 unspecified atom stereocenters. The minimum absolute atomic E-state index is 0.000788. The van der Waals surface area contributed by atoms with Crippen molar-refractivity contribution in [3.8, 4) is 5.69 Å². The molecule has 0 aliphatic heterocycles. The minimum Gasteiger partial charge on any atom is -0.339 e. The fourth-order valence-electron chi connectivity index (χ4n) is 4.62. The van der Waals surface area contributed by atoms with Gasteiger partial charge in [0.15, 0.2) is 5.78 Å². The molecule has 8 heteroatoms. The normalized spacial score (nSPS) is 10.9. The Morgan fingerprint density at radius 3 is 2.10 bits per heavy atom. The highest BCUT2D eigenvalue weighted by atomic mass is 35.5. The molecular weight excluding hydrogens is 512 g/mol. The SMILES string of the molecule is CCCCCCCCCCCCCC(=O)Nc1ccc(Cl)c(Nc2[nH]n(-c3ccccc3)c(=O)c2C(C)=O)c1. The van der Waals surface area contributed by atoms with Crippen molar-refractivity contribution in [1.29, 1.82) is 0 Å². The highest BCUT2D eigenvalue weighted by Gasteiger charge is 2.20. The smallest absolute Gasteiger partial charge is 0.284 e. The number of carbonyl (C=O) groups excluding carboxylic acids is 2. The molecule has 1 amide bonds. The lowest BCUT2D eigenvalue weighted by Gasteiger charge is -2.11. The maximum absolute atomic E-state index is 12.9.